The summed E-state index contributed by atoms with van der Waals surface area (Å²) >= 11 is 6.14. The van der Waals surface area contributed by atoms with E-state index in [1.807, 2.05) is 43.3 Å². The molecule has 2 amide bonds. The van der Waals surface area contributed by atoms with Crippen molar-refractivity contribution in [1.82, 2.24) is 5.32 Å². The summed E-state index contributed by atoms with van der Waals surface area (Å²) < 4.78 is 5.09. The van der Waals surface area contributed by atoms with E-state index in [0.717, 1.165) is 11.1 Å². The zero-order valence-electron chi connectivity index (χ0n) is 13.5. The van der Waals surface area contributed by atoms with E-state index >= 15 is 0 Å². The Morgan fingerprint density at radius 3 is 2.54 bits per heavy atom. The Morgan fingerprint density at radius 2 is 1.83 bits per heavy atom. The molecule has 2 rings (SSSR count). The number of carbonyl (C=O) groups excluding carboxylic acids is 2. The fourth-order valence-corrected chi connectivity index (χ4v) is 2.17. The van der Waals surface area contributed by atoms with Crippen LogP contribution in [0, 0.1) is 6.92 Å². The fourth-order valence-electron chi connectivity index (χ4n) is 1.99. The number of amides is 2. The Hall–Kier alpha value is -2.53. The molecule has 2 N–H and O–H groups in total. The average Bonchev–Trinajstić information content (AvgIpc) is 2.58. The average molecular weight is 347 g/mol. The van der Waals surface area contributed by atoms with Crippen LogP contribution in [0.15, 0.2) is 48.5 Å². The summed E-state index contributed by atoms with van der Waals surface area (Å²) in [6, 6.07) is 13.9. The molecule has 0 bridgehead atoms. The lowest BCUT2D eigenvalue weighted by Gasteiger charge is -2.15. The lowest BCUT2D eigenvalue weighted by atomic mass is 10.2. The highest BCUT2D eigenvalue weighted by atomic mass is 35.5. The Labute approximate surface area is 146 Å². The van der Waals surface area contributed by atoms with Gasteiger partial charge in [-0.1, -0.05) is 54.1 Å². The third kappa shape index (κ3) is 4.99. The Kier molecular flexibility index (Phi) is 6.21. The summed E-state index contributed by atoms with van der Waals surface area (Å²) in [5, 5.41) is 5.65. The standard InChI is InChI=1S/C18H19ClN2O3/c1-12-7-6-10-15(16(12)19)21-17(22)13(2)20-18(23)24-11-14-8-4-3-5-9-14/h3-10,13H,11H2,1-2H3,(H,20,23)(H,21,22). The van der Waals surface area contributed by atoms with Crippen LogP contribution in [-0.2, 0) is 16.1 Å². The first-order valence-corrected chi connectivity index (χ1v) is 7.88. The van der Waals surface area contributed by atoms with Gasteiger partial charge in [0.05, 0.1) is 10.7 Å². The van der Waals surface area contributed by atoms with Crippen LogP contribution in [0.1, 0.15) is 18.1 Å². The molecule has 1 atom stereocenters. The van der Waals surface area contributed by atoms with E-state index in [0.29, 0.717) is 10.7 Å². The first-order valence-electron chi connectivity index (χ1n) is 7.50. The van der Waals surface area contributed by atoms with Crippen molar-refractivity contribution in [2.45, 2.75) is 26.5 Å². The van der Waals surface area contributed by atoms with Crippen molar-refractivity contribution in [3.05, 3.63) is 64.7 Å². The molecular formula is C18H19ClN2O3. The van der Waals surface area contributed by atoms with Gasteiger partial charge in [-0.25, -0.2) is 4.79 Å². The number of halogens is 1. The molecule has 0 aliphatic rings. The molecule has 2 aromatic carbocycles. The van der Waals surface area contributed by atoms with Gasteiger partial charge >= 0.3 is 6.09 Å². The molecule has 0 aliphatic heterocycles. The van der Waals surface area contributed by atoms with Crippen LogP contribution in [0.4, 0.5) is 10.5 Å². The van der Waals surface area contributed by atoms with Crippen LogP contribution in [-0.4, -0.2) is 18.0 Å². The monoisotopic (exact) mass is 346 g/mol. The largest absolute Gasteiger partial charge is 0.445 e. The molecule has 0 saturated heterocycles. The van der Waals surface area contributed by atoms with Crippen LogP contribution < -0.4 is 10.6 Å². The lowest BCUT2D eigenvalue weighted by molar-refractivity contribution is -0.117. The molecule has 0 fully saturated rings. The van der Waals surface area contributed by atoms with Gasteiger partial charge < -0.3 is 15.4 Å². The van der Waals surface area contributed by atoms with Crippen molar-refractivity contribution in [2.75, 3.05) is 5.32 Å². The number of rotatable bonds is 5. The van der Waals surface area contributed by atoms with E-state index in [9.17, 15) is 9.59 Å². The molecular weight excluding hydrogens is 328 g/mol. The highest BCUT2D eigenvalue weighted by Crippen LogP contribution is 2.25. The summed E-state index contributed by atoms with van der Waals surface area (Å²) in [7, 11) is 0. The molecule has 0 spiro atoms. The molecule has 126 valence electrons. The van der Waals surface area contributed by atoms with Gasteiger partial charge in [0.25, 0.3) is 0 Å². The molecule has 0 heterocycles. The fraction of sp³-hybridized carbons (Fsp3) is 0.222. The zero-order valence-corrected chi connectivity index (χ0v) is 14.3. The second kappa shape index (κ2) is 8.36. The second-order valence-electron chi connectivity index (χ2n) is 5.35. The van der Waals surface area contributed by atoms with E-state index < -0.39 is 12.1 Å². The van der Waals surface area contributed by atoms with Gasteiger partial charge in [0.2, 0.25) is 5.91 Å². The van der Waals surface area contributed by atoms with Gasteiger partial charge in [-0.15, -0.1) is 0 Å². The number of hydrogen-bond acceptors (Lipinski definition) is 3. The number of nitrogens with one attached hydrogen (secondary N) is 2. The quantitative estimate of drug-likeness (QED) is 0.862. The van der Waals surface area contributed by atoms with Crippen molar-refractivity contribution >= 4 is 29.3 Å². The van der Waals surface area contributed by atoms with Crippen molar-refractivity contribution in [1.29, 1.82) is 0 Å². The van der Waals surface area contributed by atoms with E-state index in [2.05, 4.69) is 10.6 Å². The summed E-state index contributed by atoms with van der Waals surface area (Å²) in [4.78, 5) is 23.9. The summed E-state index contributed by atoms with van der Waals surface area (Å²) in [6.45, 7) is 3.56. The minimum absolute atomic E-state index is 0.144. The Bertz CT molecular complexity index is 719. The molecule has 2 aromatic rings. The normalized spacial score (nSPS) is 11.5. The summed E-state index contributed by atoms with van der Waals surface area (Å²) in [5.41, 5.74) is 2.24. The number of alkyl carbamates (subject to hydrolysis) is 1. The lowest BCUT2D eigenvalue weighted by Crippen LogP contribution is -2.41. The maximum atomic E-state index is 12.1. The number of aryl methyl sites for hydroxylation is 1. The maximum Gasteiger partial charge on any atom is 0.408 e. The second-order valence-corrected chi connectivity index (χ2v) is 5.73. The highest BCUT2D eigenvalue weighted by Gasteiger charge is 2.17. The van der Waals surface area contributed by atoms with Crippen molar-refractivity contribution in [3.8, 4) is 0 Å². The van der Waals surface area contributed by atoms with Crippen LogP contribution in [0.5, 0.6) is 0 Å². The van der Waals surface area contributed by atoms with Crippen LogP contribution in [0.2, 0.25) is 5.02 Å². The minimum Gasteiger partial charge on any atom is -0.445 e. The third-order valence-electron chi connectivity index (χ3n) is 3.39. The van der Waals surface area contributed by atoms with E-state index in [1.54, 1.807) is 19.1 Å². The van der Waals surface area contributed by atoms with Gasteiger partial charge in [0.15, 0.2) is 0 Å². The SMILES string of the molecule is Cc1cccc(NC(=O)C(C)NC(=O)OCc2ccccc2)c1Cl. The van der Waals surface area contributed by atoms with Crippen LogP contribution in [0.3, 0.4) is 0 Å². The van der Waals surface area contributed by atoms with Gasteiger partial charge in [-0.3, -0.25) is 4.79 Å². The first-order chi connectivity index (χ1) is 11.5. The van der Waals surface area contributed by atoms with Gasteiger partial charge in [-0.2, -0.15) is 0 Å². The van der Waals surface area contributed by atoms with Gasteiger partial charge in [0, 0.05) is 0 Å². The van der Waals surface area contributed by atoms with Crippen molar-refractivity contribution < 1.29 is 14.3 Å². The zero-order chi connectivity index (χ0) is 17.5. The molecule has 0 aliphatic carbocycles. The Balaban J connectivity index is 1.84. The minimum atomic E-state index is -0.759. The maximum absolute atomic E-state index is 12.1. The third-order valence-corrected chi connectivity index (χ3v) is 3.89. The topological polar surface area (TPSA) is 67.4 Å². The molecule has 5 nitrogen and oxygen atoms in total. The number of ether oxygens (including phenoxy) is 1. The number of benzene rings is 2. The number of carbonyl (C=O) groups is 2. The highest BCUT2D eigenvalue weighted by molar-refractivity contribution is 6.34. The number of anilines is 1. The van der Waals surface area contributed by atoms with Crippen molar-refractivity contribution in [2.24, 2.45) is 0 Å². The molecule has 1 unspecified atom stereocenters. The predicted molar refractivity (Wildman–Crippen MR) is 94.0 cm³/mol. The molecule has 6 heteroatoms. The van der Waals surface area contributed by atoms with Crippen LogP contribution in [0.25, 0.3) is 0 Å². The first kappa shape index (κ1) is 17.8. The smallest absolute Gasteiger partial charge is 0.408 e. The molecule has 24 heavy (non-hydrogen) atoms. The van der Waals surface area contributed by atoms with Gasteiger partial charge in [0.1, 0.15) is 12.6 Å². The molecule has 0 saturated carbocycles. The molecule has 0 aromatic heterocycles. The Morgan fingerprint density at radius 1 is 1.12 bits per heavy atom. The number of hydrogen-bond donors (Lipinski definition) is 2. The van der Waals surface area contributed by atoms with Crippen molar-refractivity contribution in [3.63, 3.8) is 0 Å². The summed E-state index contributed by atoms with van der Waals surface area (Å²) in [6.07, 6.45) is -0.656. The molecule has 0 radical (unpaired) electrons. The predicted octanol–water partition coefficient (Wildman–Crippen LogP) is 3.90. The summed E-state index contributed by atoms with van der Waals surface area (Å²) in [5.74, 6) is -0.376. The van der Waals surface area contributed by atoms with Gasteiger partial charge in [-0.05, 0) is 31.0 Å². The van der Waals surface area contributed by atoms with E-state index in [1.165, 1.54) is 0 Å². The van der Waals surface area contributed by atoms with E-state index in [-0.39, 0.29) is 12.5 Å². The van der Waals surface area contributed by atoms with E-state index in [4.69, 9.17) is 16.3 Å². The van der Waals surface area contributed by atoms with Crippen LogP contribution >= 0.6 is 11.6 Å².